The molecule has 0 fully saturated rings. The predicted molar refractivity (Wildman–Crippen MR) is 65.8 cm³/mol. The molecule has 0 spiro atoms. The predicted octanol–water partition coefficient (Wildman–Crippen LogP) is 2.00. The highest BCUT2D eigenvalue weighted by molar-refractivity contribution is 5.31. The summed E-state index contributed by atoms with van der Waals surface area (Å²) in [5.74, 6) is 1.37. The van der Waals surface area contributed by atoms with Crippen LogP contribution in [0.4, 0.5) is 0 Å². The van der Waals surface area contributed by atoms with Crippen molar-refractivity contribution >= 4 is 0 Å². The van der Waals surface area contributed by atoms with Gasteiger partial charge in [0, 0.05) is 0 Å². The first-order valence-corrected chi connectivity index (χ1v) is 5.71. The zero-order chi connectivity index (χ0) is 12.3. The van der Waals surface area contributed by atoms with Crippen LogP contribution in [0.2, 0.25) is 0 Å². The van der Waals surface area contributed by atoms with Gasteiger partial charge < -0.3 is 9.84 Å². The van der Waals surface area contributed by atoms with Crippen molar-refractivity contribution in [2.24, 2.45) is 0 Å². The molecule has 1 heterocycles. The molecule has 4 nitrogen and oxygen atoms in total. The Morgan fingerprint density at radius 2 is 2.06 bits per heavy atom. The highest BCUT2D eigenvalue weighted by Gasteiger charge is 2.06. The maximum Gasteiger partial charge on any atom is 0.231 e. The van der Waals surface area contributed by atoms with Crippen LogP contribution in [-0.2, 0) is 13.0 Å². The van der Waals surface area contributed by atoms with Gasteiger partial charge in [-0.25, -0.2) is 0 Å². The van der Waals surface area contributed by atoms with Crippen LogP contribution < -0.4 is 5.32 Å². The minimum absolute atomic E-state index is 0.635. The lowest BCUT2D eigenvalue weighted by molar-refractivity contribution is 0.378. The van der Waals surface area contributed by atoms with Crippen molar-refractivity contribution in [3.63, 3.8) is 0 Å². The molecule has 0 bridgehead atoms. The lowest BCUT2D eigenvalue weighted by atomic mass is 10.0. The molecule has 2 aromatic rings. The number of benzene rings is 1. The fourth-order valence-electron chi connectivity index (χ4n) is 1.68. The van der Waals surface area contributed by atoms with Crippen molar-refractivity contribution < 1.29 is 4.52 Å². The third-order valence-electron chi connectivity index (χ3n) is 2.77. The Morgan fingerprint density at radius 1 is 1.24 bits per heavy atom. The van der Waals surface area contributed by atoms with Crippen LogP contribution in [0, 0.1) is 13.8 Å². The molecule has 0 aliphatic rings. The summed E-state index contributed by atoms with van der Waals surface area (Å²) < 4.78 is 5.19. The normalized spacial score (nSPS) is 10.8. The maximum atomic E-state index is 5.19. The van der Waals surface area contributed by atoms with E-state index in [1.807, 2.05) is 7.05 Å². The molecule has 1 aromatic heterocycles. The number of rotatable bonds is 4. The molecule has 0 radical (unpaired) electrons. The molecule has 0 saturated carbocycles. The molecule has 90 valence electrons. The standard InChI is InChI=1S/C13H17N3O/c1-9-4-5-11(6-10(9)2)7-13-15-12(8-14-3)16-17-13/h4-6,14H,7-8H2,1-3H3. The first kappa shape index (κ1) is 11.8. The number of hydrogen-bond acceptors (Lipinski definition) is 4. The Labute approximate surface area is 101 Å². The molecule has 0 aliphatic heterocycles. The number of hydrogen-bond donors (Lipinski definition) is 1. The highest BCUT2D eigenvalue weighted by atomic mass is 16.5. The molecule has 1 aromatic carbocycles. The molecule has 4 heteroatoms. The summed E-state index contributed by atoms with van der Waals surface area (Å²) in [4.78, 5) is 4.31. The summed E-state index contributed by atoms with van der Waals surface area (Å²) in [6, 6.07) is 6.39. The molecular weight excluding hydrogens is 214 g/mol. The molecule has 0 aliphatic carbocycles. The summed E-state index contributed by atoms with van der Waals surface area (Å²) >= 11 is 0. The smallest absolute Gasteiger partial charge is 0.231 e. The van der Waals surface area contributed by atoms with Gasteiger partial charge in [0.25, 0.3) is 0 Å². The largest absolute Gasteiger partial charge is 0.339 e. The maximum absolute atomic E-state index is 5.19. The van der Waals surface area contributed by atoms with Gasteiger partial charge in [0.1, 0.15) is 0 Å². The van der Waals surface area contributed by atoms with E-state index >= 15 is 0 Å². The molecule has 0 amide bonds. The van der Waals surface area contributed by atoms with Gasteiger partial charge in [-0.1, -0.05) is 23.4 Å². The van der Waals surface area contributed by atoms with Crippen LogP contribution in [0.15, 0.2) is 22.7 Å². The second-order valence-electron chi connectivity index (χ2n) is 4.23. The van der Waals surface area contributed by atoms with E-state index in [0.29, 0.717) is 24.7 Å². The zero-order valence-electron chi connectivity index (χ0n) is 10.4. The molecular formula is C13H17N3O. The lowest BCUT2D eigenvalue weighted by Gasteiger charge is -2.02. The van der Waals surface area contributed by atoms with E-state index in [0.717, 1.165) is 0 Å². The number of aryl methyl sites for hydroxylation is 2. The Kier molecular flexibility index (Phi) is 3.54. The first-order chi connectivity index (χ1) is 8.19. The van der Waals surface area contributed by atoms with Crippen molar-refractivity contribution in [3.8, 4) is 0 Å². The molecule has 1 N–H and O–H groups in total. The summed E-state index contributed by atoms with van der Waals surface area (Å²) in [5.41, 5.74) is 3.79. The average Bonchev–Trinajstić information content (AvgIpc) is 2.72. The van der Waals surface area contributed by atoms with E-state index in [2.05, 4.69) is 47.5 Å². The lowest BCUT2D eigenvalue weighted by Crippen LogP contribution is -2.06. The van der Waals surface area contributed by atoms with Gasteiger partial charge in [-0.2, -0.15) is 4.98 Å². The average molecular weight is 231 g/mol. The van der Waals surface area contributed by atoms with Gasteiger partial charge in [-0.15, -0.1) is 0 Å². The van der Waals surface area contributed by atoms with Crippen molar-refractivity contribution in [1.82, 2.24) is 15.5 Å². The monoisotopic (exact) mass is 231 g/mol. The van der Waals surface area contributed by atoms with E-state index in [9.17, 15) is 0 Å². The van der Waals surface area contributed by atoms with Gasteiger partial charge in [-0.3, -0.25) is 0 Å². The first-order valence-electron chi connectivity index (χ1n) is 5.71. The van der Waals surface area contributed by atoms with Gasteiger partial charge in [0.15, 0.2) is 5.82 Å². The van der Waals surface area contributed by atoms with Crippen molar-refractivity contribution in [2.75, 3.05) is 7.05 Å². The molecule has 17 heavy (non-hydrogen) atoms. The van der Waals surface area contributed by atoms with E-state index in [4.69, 9.17) is 4.52 Å². The zero-order valence-corrected chi connectivity index (χ0v) is 10.4. The fourth-order valence-corrected chi connectivity index (χ4v) is 1.68. The fraction of sp³-hybridized carbons (Fsp3) is 0.385. The number of nitrogens with zero attached hydrogens (tertiary/aromatic N) is 2. The Balaban J connectivity index is 2.11. The molecule has 0 unspecified atom stereocenters. The topological polar surface area (TPSA) is 51.0 Å². The Bertz CT molecular complexity index is 505. The summed E-state index contributed by atoms with van der Waals surface area (Å²) in [6.45, 7) is 4.85. The van der Waals surface area contributed by atoms with Crippen molar-refractivity contribution in [1.29, 1.82) is 0 Å². The summed E-state index contributed by atoms with van der Waals surface area (Å²) in [6.07, 6.45) is 0.692. The van der Waals surface area contributed by atoms with Crippen LogP contribution in [0.25, 0.3) is 0 Å². The Hall–Kier alpha value is -1.68. The van der Waals surface area contributed by atoms with Crippen LogP contribution in [0.5, 0.6) is 0 Å². The van der Waals surface area contributed by atoms with E-state index in [1.54, 1.807) is 0 Å². The SMILES string of the molecule is CNCc1noc(Cc2ccc(C)c(C)c2)n1. The third-order valence-corrected chi connectivity index (χ3v) is 2.77. The summed E-state index contributed by atoms with van der Waals surface area (Å²) in [5, 5.41) is 6.89. The minimum atomic E-state index is 0.635. The molecule has 0 atom stereocenters. The van der Waals surface area contributed by atoms with Gasteiger partial charge in [0.05, 0.1) is 13.0 Å². The quantitative estimate of drug-likeness (QED) is 0.874. The van der Waals surface area contributed by atoms with Crippen molar-refractivity contribution in [3.05, 3.63) is 46.6 Å². The number of aromatic nitrogens is 2. The second kappa shape index (κ2) is 5.10. The summed E-state index contributed by atoms with van der Waals surface area (Å²) in [7, 11) is 1.86. The van der Waals surface area contributed by atoms with Crippen LogP contribution in [-0.4, -0.2) is 17.2 Å². The van der Waals surface area contributed by atoms with Crippen molar-refractivity contribution in [2.45, 2.75) is 26.8 Å². The minimum Gasteiger partial charge on any atom is -0.339 e. The van der Waals surface area contributed by atoms with Gasteiger partial charge in [0.2, 0.25) is 5.89 Å². The van der Waals surface area contributed by atoms with E-state index < -0.39 is 0 Å². The molecule has 2 rings (SSSR count). The van der Waals surface area contributed by atoms with Crippen LogP contribution in [0.3, 0.4) is 0 Å². The van der Waals surface area contributed by atoms with Gasteiger partial charge >= 0.3 is 0 Å². The number of nitrogens with one attached hydrogen (secondary N) is 1. The Morgan fingerprint density at radius 3 is 2.76 bits per heavy atom. The second-order valence-corrected chi connectivity index (χ2v) is 4.23. The van der Waals surface area contributed by atoms with E-state index in [1.165, 1.54) is 16.7 Å². The van der Waals surface area contributed by atoms with E-state index in [-0.39, 0.29) is 0 Å². The molecule has 0 saturated heterocycles. The third kappa shape index (κ3) is 2.91. The highest BCUT2D eigenvalue weighted by Crippen LogP contribution is 2.13. The van der Waals surface area contributed by atoms with Gasteiger partial charge in [-0.05, 0) is 37.6 Å². The van der Waals surface area contributed by atoms with Crippen LogP contribution in [0.1, 0.15) is 28.4 Å². The van der Waals surface area contributed by atoms with Crippen LogP contribution >= 0.6 is 0 Å².